The predicted molar refractivity (Wildman–Crippen MR) is 106 cm³/mol. The molecule has 0 bridgehead atoms. The highest BCUT2D eigenvalue weighted by Crippen LogP contribution is 2.32. The van der Waals surface area contributed by atoms with E-state index in [0.717, 1.165) is 32.4 Å². The maximum absolute atomic E-state index is 12.0. The van der Waals surface area contributed by atoms with Gasteiger partial charge < -0.3 is 16.0 Å². The molecule has 0 unspecified atom stereocenters. The van der Waals surface area contributed by atoms with E-state index in [1.807, 2.05) is 0 Å². The highest BCUT2D eigenvalue weighted by atomic mass is 16.2. The fourth-order valence-electron chi connectivity index (χ4n) is 3.72. The van der Waals surface area contributed by atoms with Crippen molar-refractivity contribution in [3.8, 4) is 0 Å². The molecule has 1 saturated heterocycles. The van der Waals surface area contributed by atoms with Crippen LogP contribution in [0.3, 0.4) is 0 Å². The van der Waals surface area contributed by atoms with Crippen LogP contribution in [0.5, 0.6) is 0 Å². The van der Waals surface area contributed by atoms with Crippen LogP contribution in [0.1, 0.15) is 43.2 Å². The number of hydrogen-bond acceptors (Lipinski definition) is 2. The molecule has 0 aliphatic carbocycles. The molecule has 2 aromatic rings. The SMILES string of the molecule is CCCCNC(=O)N[C@@H]1CN[C@@H](C(c2ccccc2)c2ccccc2)C1. The molecule has 1 heterocycles. The summed E-state index contributed by atoms with van der Waals surface area (Å²) in [5.41, 5.74) is 2.62. The first-order valence-corrected chi connectivity index (χ1v) is 9.65. The molecule has 3 N–H and O–H groups in total. The van der Waals surface area contributed by atoms with Gasteiger partial charge in [0.15, 0.2) is 0 Å². The number of benzene rings is 2. The topological polar surface area (TPSA) is 53.2 Å². The Balaban J connectivity index is 1.66. The summed E-state index contributed by atoms with van der Waals surface area (Å²) < 4.78 is 0. The molecule has 1 aliphatic heterocycles. The number of carbonyl (C=O) groups is 1. The summed E-state index contributed by atoms with van der Waals surface area (Å²) >= 11 is 0. The third-order valence-electron chi connectivity index (χ3n) is 5.04. The second kappa shape index (κ2) is 9.39. The van der Waals surface area contributed by atoms with Crippen molar-refractivity contribution < 1.29 is 4.79 Å². The average molecular weight is 351 g/mol. The first-order chi connectivity index (χ1) is 12.8. The number of hydrogen-bond donors (Lipinski definition) is 3. The van der Waals surface area contributed by atoms with Gasteiger partial charge in [-0.25, -0.2) is 4.79 Å². The average Bonchev–Trinajstić information content (AvgIpc) is 3.12. The summed E-state index contributed by atoms with van der Waals surface area (Å²) in [5.74, 6) is 0.285. The summed E-state index contributed by atoms with van der Waals surface area (Å²) in [6, 6.07) is 21.7. The van der Waals surface area contributed by atoms with E-state index in [-0.39, 0.29) is 18.0 Å². The monoisotopic (exact) mass is 351 g/mol. The van der Waals surface area contributed by atoms with E-state index in [9.17, 15) is 4.79 Å². The summed E-state index contributed by atoms with van der Waals surface area (Å²) in [4.78, 5) is 12.0. The van der Waals surface area contributed by atoms with E-state index >= 15 is 0 Å². The van der Waals surface area contributed by atoms with Crippen LogP contribution < -0.4 is 16.0 Å². The predicted octanol–water partition coefficient (Wildman–Crippen LogP) is 3.65. The van der Waals surface area contributed by atoms with Gasteiger partial charge in [-0.05, 0) is 24.0 Å². The molecule has 4 heteroatoms. The molecule has 26 heavy (non-hydrogen) atoms. The van der Waals surface area contributed by atoms with Crippen molar-refractivity contribution in [2.45, 2.75) is 44.2 Å². The zero-order chi connectivity index (χ0) is 18.2. The van der Waals surface area contributed by atoms with Crippen LogP contribution in [0, 0.1) is 0 Å². The highest BCUT2D eigenvalue weighted by molar-refractivity contribution is 5.74. The summed E-state index contributed by atoms with van der Waals surface area (Å²) in [6.45, 7) is 3.67. The van der Waals surface area contributed by atoms with Gasteiger partial charge in [-0.2, -0.15) is 0 Å². The molecule has 3 rings (SSSR count). The Bertz CT molecular complexity index is 635. The molecular formula is C22H29N3O. The van der Waals surface area contributed by atoms with E-state index in [1.165, 1.54) is 11.1 Å². The first-order valence-electron chi connectivity index (χ1n) is 9.65. The third kappa shape index (κ3) is 4.85. The van der Waals surface area contributed by atoms with Crippen LogP contribution in [0.15, 0.2) is 60.7 Å². The molecule has 2 aromatic carbocycles. The Morgan fingerprint density at radius 2 is 1.69 bits per heavy atom. The lowest BCUT2D eigenvalue weighted by Crippen LogP contribution is -2.43. The smallest absolute Gasteiger partial charge is 0.315 e. The number of nitrogens with one attached hydrogen (secondary N) is 3. The van der Waals surface area contributed by atoms with Crippen LogP contribution in [-0.2, 0) is 0 Å². The van der Waals surface area contributed by atoms with E-state index in [0.29, 0.717) is 6.04 Å². The fraction of sp³-hybridized carbons (Fsp3) is 0.409. The molecule has 1 fully saturated rings. The summed E-state index contributed by atoms with van der Waals surface area (Å²) in [6.07, 6.45) is 3.03. The van der Waals surface area contributed by atoms with E-state index in [4.69, 9.17) is 0 Å². The van der Waals surface area contributed by atoms with Crippen LogP contribution in [0.4, 0.5) is 4.79 Å². The van der Waals surface area contributed by atoms with Gasteiger partial charge in [-0.15, -0.1) is 0 Å². The Labute approximate surface area is 156 Å². The maximum atomic E-state index is 12.0. The Kier molecular flexibility index (Phi) is 6.67. The van der Waals surface area contributed by atoms with Crippen molar-refractivity contribution in [2.24, 2.45) is 0 Å². The molecule has 138 valence electrons. The minimum atomic E-state index is -0.0538. The molecule has 0 saturated carbocycles. The van der Waals surface area contributed by atoms with Gasteiger partial charge in [0.2, 0.25) is 0 Å². The van der Waals surface area contributed by atoms with Crippen molar-refractivity contribution in [1.29, 1.82) is 0 Å². The second-order valence-corrected chi connectivity index (χ2v) is 7.00. The lowest BCUT2D eigenvalue weighted by Gasteiger charge is -2.25. The van der Waals surface area contributed by atoms with E-state index in [2.05, 4.69) is 83.5 Å². The Morgan fingerprint density at radius 3 is 2.27 bits per heavy atom. The Morgan fingerprint density at radius 1 is 1.08 bits per heavy atom. The molecule has 2 atom stereocenters. The molecule has 0 spiro atoms. The number of urea groups is 1. The van der Waals surface area contributed by atoms with Crippen LogP contribution in [0.2, 0.25) is 0 Å². The lowest BCUT2D eigenvalue weighted by atomic mass is 9.84. The Hall–Kier alpha value is -2.33. The quantitative estimate of drug-likeness (QED) is 0.667. The first kappa shape index (κ1) is 18.5. The van der Waals surface area contributed by atoms with Crippen molar-refractivity contribution in [3.63, 3.8) is 0 Å². The maximum Gasteiger partial charge on any atom is 0.315 e. The largest absolute Gasteiger partial charge is 0.338 e. The van der Waals surface area contributed by atoms with Gasteiger partial charge in [-0.1, -0.05) is 74.0 Å². The van der Waals surface area contributed by atoms with Gasteiger partial charge in [-0.3, -0.25) is 0 Å². The molecular weight excluding hydrogens is 322 g/mol. The van der Waals surface area contributed by atoms with Gasteiger partial charge in [0.1, 0.15) is 0 Å². The standard InChI is InChI=1S/C22H29N3O/c1-2-3-14-23-22(26)25-19-15-20(24-16-19)21(17-10-6-4-7-11-17)18-12-8-5-9-13-18/h4-13,19-21,24H,2-3,14-16H2,1H3,(H2,23,25,26)/t19-,20+/m0/s1. The number of carbonyl (C=O) groups excluding carboxylic acids is 1. The molecule has 4 nitrogen and oxygen atoms in total. The van der Waals surface area contributed by atoms with E-state index in [1.54, 1.807) is 0 Å². The lowest BCUT2D eigenvalue weighted by molar-refractivity contribution is 0.237. The van der Waals surface area contributed by atoms with Gasteiger partial charge in [0.05, 0.1) is 0 Å². The minimum Gasteiger partial charge on any atom is -0.338 e. The highest BCUT2D eigenvalue weighted by Gasteiger charge is 2.32. The van der Waals surface area contributed by atoms with Crippen LogP contribution in [-0.4, -0.2) is 31.2 Å². The minimum absolute atomic E-state index is 0.0538. The zero-order valence-electron chi connectivity index (χ0n) is 15.4. The molecule has 0 radical (unpaired) electrons. The van der Waals surface area contributed by atoms with Crippen molar-refractivity contribution >= 4 is 6.03 Å². The van der Waals surface area contributed by atoms with Crippen molar-refractivity contribution in [1.82, 2.24) is 16.0 Å². The number of unbranched alkanes of at least 4 members (excludes halogenated alkanes) is 1. The van der Waals surface area contributed by atoms with Gasteiger partial charge in [0, 0.05) is 31.1 Å². The van der Waals surface area contributed by atoms with Crippen molar-refractivity contribution in [2.75, 3.05) is 13.1 Å². The summed E-state index contributed by atoms with van der Waals surface area (Å²) in [7, 11) is 0. The summed E-state index contributed by atoms with van der Waals surface area (Å²) in [5, 5.41) is 9.69. The molecule has 1 aliphatic rings. The van der Waals surface area contributed by atoms with Crippen LogP contribution in [0.25, 0.3) is 0 Å². The molecule has 0 aromatic heterocycles. The van der Waals surface area contributed by atoms with E-state index < -0.39 is 0 Å². The number of amides is 2. The van der Waals surface area contributed by atoms with Gasteiger partial charge in [0.25, 0.3) is 0 Å². The molecule has 2 amide bonds. The second-order valence-electron chi connectivity index (χ2n) is 7.00. The zero-order valence-corrected chi connectivity index (χ0v) is 15.4. The van der Waals surface area contributed by atoms with Crippen LogP contribution >= 0.6 is 0 Å². The van der Waals surface area contributed by atoms with Gasteiger partial charge >= 0.3 is 6.03 Å². The third-order valence-corrected chi connectivity index (χ3v) is 5.04. The fourth-order valence-corrected chi connectivity index (χ4v) is 3.72. The van der Waals surface area contributed by atoms with Crippen molar-refractivity contribution in [3.05, 3.63) is 71.8 Å². The normalized spacial score (nSPS) is 19.5. The number of rotatable bonds is 7.